The Balaban J connectivity index is 1.84. The minimum atomic E-state index is -0.171. The van der Waals surface area contributed by atoms with E-state index in [1.807, 2.05) is 29.1 Å². The number of aromatic nitrogens is 1. The van der Waals surface area contributed by atoms with Crippen molar-refractivity contribution in [2.75, 3.05) is 25.7 Å². The molecule has 18 heavy (non-hydrogen) atoms. The van der Waals surface area contributed by atoms with E-state index in [0.717, 1.165) is 11.6 Å². The molecule has 0 aromatic carbocycles. The number of rotatable bonds is 10. The molecule has 102 valence electrons. The first kappa shape index (κ1) is 16.3. The van der Waals surface area contributed by atoms with Gasteiger partial charge in [-0.05, 0) is 49.1 Å². The van der Waals surface area contributed by atoms with Gasteiger partial charge in [0.15, 0.2) is 0 Å². The molecular formula is C13H22NOPS2. The van der Waals surface area contributed by atoms with Crippen molar-refractivity contribution in [3.63, 3.8) is 0 Å². The lowest BCUT2D eigenvalue weighted by Crippen LogP contribution is -1.89. The zero-order chi connectivity index (χ0) is 13.1. The van der Waals surface area contributed by atoms with Gasteiger partial charge in [0, 0.05) is 20.1 Å². The lowest BCUT2D eigenvalue weighted by atomic mass is 10.2. The third-order valence-electron chi connectivity index (χ3n) is 2.25. The van der Waals surface area contributed by atoms with Crippen LogP contribution in [0.1, 0.15) is 25.7 Å². The van der Waals surface area contributed by atoms with Gasteiger partial charge in [-0.15, -0.1) is 0 Å². The largest absolute Gasteiger partial charge is 0.360 e. The Bertz CT molecular complexity index is 298. The predicted octanol–water partition coefficient (Wildman–Crippen LogP) is 5.06. The molecule has 0 aliphatic carbocycles. The first-order valence-corrected chi connectivity index (χ1v) is 10.8. The highest BCUT2D eigenvalue weighted by molar-refractivity contribution is 8.76. The van der Waals surface area contributed by atoms with E-state index in [-0.39, 0.29) is 8.15 Å². The Morgan fingerprint density at radius 3 is 2.72 bits per heavy atom. The molecule has 0 aliphatic heterocycles. The van der Waals surface area contributed by atoms with Gasteiger partial charge in [0.25, 0.3) is 0 Å². The summed E-state index contributed by atoms with van der Waals surface area (Å²) in [7, 11) is 3.51. The minimum Gasteiger partial charge on any atom is -0.360 e. The van der Waals surface area contributed by atoms with Crippen molar-refractivity contribution in [2.45, 2.75) is 30.7 Å². The van der Waals surface area contributed by atoms with Crippen molar-refractivity contribution >= 4 is 29.7 Å². The molecule has 0 saturated carbocycles. The van der Waals surface area contributed by atoms with Gasteiger partial charge < -0.3 is 4.52 Å². The van der Waals surface area contributed by atoms with Crippen molar-refractivity contribution in [2.24, 2.45) is 0 Å². The molecule has 1 heterocycles. The summed E-state index contributed by atoms with van der Waals surface area (Å²) in [5.41, 5.74) is 0. The molecule has 1 aromatic rings. The lowest BCUT2D eigenvalue weighted by molar-refractivity contribution is 0.341. The number of nitrogens with zero attached hydrogens (tertiary/aromatic N) is 1. The first-order chi connectivity index (χ1) is 8.79. The molecule has 0 saturated heterocycles. The van der Waals surface area contributed by atoms with Crippen LogP contribution in [-0.4, -0.2) is 30.7 Å². The van der Waals surface area contributed by atoms with Gasteiger partial charge in [-0.2, -0.15) is 0 Å². The molecule has 0 fully saturated rings. The van der Waals surface area contributed by atoms with E-state index in [1.165, 1.54) is 31.4 Å². The molecule has 0 atom stereocenters. The fourth-order valence-electron chi connectivity index (χ4n) is 1.36. The first-order valence-electron chi connectivity index (χ1n) is 6.30. The van der Waals surface area contributed by atoms with Crippen molar-refractivity contribution in [3.8, 4) is 0 Å². The van der Waals surface area contributed by atoms with Gasteiger partial charge in [-0.1, -0.05) is 29.7 Å². The summed E-state index contributed by atoms with van der Waals surface area (Å²) in [6.45, 7) is 5.25. The Morgan fingerprint density at radius 2 is 2.00 bits per heavy atom. The second-order valence-corrected chi connectivity index (χ2v) is 8.45. The Kier molecular flexibility index (Phi) is 10.0. The molecule has 0 N–H and O–H groups in total. The summed E-state index contributed by atoms with van der Waals surface area (Å²) >= 11 is 0. The van der Waals surface area contributed by atoms with Gasteiger partial charge in [0.2, 0.25) is 0 Å². The average molecular weight is 303 g/mol. The topological polar surface area (TPSA) is 22.1 Å². The summed E-state index contributed by atoms with van der Waals surface area (Å²) in [4.78, 5) is 4.28. The van der Waals surface area contributed by atoms with Crippen LogP contribution in [-0.2, 0) is 4.52 Å². The Morgan fingerprint density at radius 1 is 1.17 bits per heavy atom. The number of hydrogen-bond donors (Lipinski definition) is 0. The highest BCUT2D eigenvalue weighted by atomic mass is 33.1. The van der Waals surface area contributed by atoms with Crippen molar-refractivity contribution < 1.29 is 4.52 Å². The normalized spacial score (nSPS) is 11.1. The number of unbranched alkanes of at least 4 members (excludes halogenated alkanes) is 3. The van der Waals surface area contributed by atoms with Crippen LogP contribution in [0.5, 0.6) is 0 Å². The molecule has 0 aliphatic rings. The molecule has 1 rings (SSSR count). The minimum absolute atomic E-state index is 0.171. The van der Waals surface area contributed by atoms with Crippen LogP contribution in [0.3, 0.4) is 0 Å². The van der Waals surface area contributed by atoms with E-state index in [0.29, 0.717) is 0 Å². The second-order valence-electron chi connectivity index (χ2n) is 4.13. The maximum atomic E-state index is 5.57. The molecule has 0 bridgehead atoms. The Labute approximate surface area is 120 Å². The summed E-state index contributed by atoms with van der Waals surface area (Å²) in [5, 5.41) is 1.11. The summed E-state index contributed by atoms with van der Waals surface area (Å²) in [5.74, 6) is 1.20. The molecule has 1 aromatic heterocycles. The molecule has 2 nitrogen and oxygen atoms in total. The fraction of sp³-hybridized carbons (Fsp3) is 0.615. The second kappa shape index (κ2) is 11.1. The molecular weight excluding hydrogens is 281 g/mol. The molecule has 0 amide bonds. The van der Waals surface area contributed by atoms with Crippen LogP contribution in [0.25, 0.3) is 0 Å². The van der Waals surface area contributed by atoms with Crippen LogP contribution >= 0.6 is 29.7 Å². The SMILES string of the molecule is CP(C)OCCCCCCSSc1ccccn1. The molecule has 0 unspecified atom stereocenters. The highest BCUT2D eigenvalue weighted by Crippen LogP contribution is 2.30. The van der Waals surface area contributed by atoms with Crippen LogP contribution < -0.4 is 0 Å². The van der Waals surface area contributed by atoms with Crippen molar-refractivity contribution in [1.82, 2.24) is 4.98 Å². The standard InChI is InChI=1S/C13H22NOPS2/c1-16(2)15-11-7-3-4-8-12-17-18-13-9-5-6-10-14-13/h5-6,9-10H,3-4,7-8,11-12H2,1-2H3. The molecule has 5 heteroatoms. The summed E-state index contributed by atoms with van der Waals surface area (Å²) in [6, 6.07) is 6.05. The van der Waals surface area contributed by atoms with Gasteiger partial charge in [-0.3, -0.25) is 0 Å². The van der Waals surface area contributed by atoms with E-state index in [9.17, 15) is 0 Å². The molecule has 0 radical (unpaired) electrons. The zero-order valence-electron chi connectivity index (χ0n) is 11.2. The third kappa shape index (κ3) is 9.21. The van der Waals surface area contributed by atoms with E-state index >= 15 is 0 Å². The maximum absolute atomic E-state index is 5.57. The maximum Gasteiger partial charge on any atom is 0.106 e. The molecule has 0 spiro atoms. The smallest absolute Gasteiger partial charge is 0.106 e. The van der Waals surface area contributed by atoms with Crippen LogP contribution in [0.2, 0.25) is 0 Å². The van der Waals surface area contributed by atoms with Gasteiger partial charge >= 0.3 is 0 Å². The van der Waals surface area contributed by atoms with Crippen LogP contribution in [0, 0.1) is 0 Å². The Hall–Kier alpha value is 0.240. The quantitative estimate of drug-likeness (QED) is 0.342. The number of pyridine rings is 1. The van der Waals surface area contributed by atoms with E-state index in [2.05, 4.69) is 24.4 Å². The fourth-order valence-corrected chi connectivity index (χ4v) is 3.88. The van der Waals surface area contributed by atoms with E-state index in [1.54, 1.807) is 10.8 Å². The van der Waals surface area contributed by atoms with Crippen LogP contribution in [0.4, 0.5) is 0 Å². The van der Waals surface area contributed by atoms with Crippen molar-refractivity contribution in [1.29, 1.82) is 0 Å². The van der Waals surface area contributed by atoms with Crippen molar-refractivity contribution in [3.05, 3.63) is 24.4 Å². The van der Waals surface area contributed by atoms with Gasteiger partial charge in [-0.25, -0.2) is 4.98 Å². The van der Waals surface area contributed by atoms with Crippen LogP contribution in [0.15, 0.2) is 29.4 Å². The lowest BCUT2D eigenvalue weighted by Gasteiger charge is -2.06. The zero-order valence-corrected chi connectivity index (χ0v) is 13.7. The van der Waals surface area contributed by atoms with E-state index < -0.39 is 0 Å². The van der Waals surface area contributed by atoms with Gasteiger partial charge in [0.05, 0.1) is 6.61 Å². The van der Waals surface area contributed by atoms with Gasteiger partial charge in [0.1, 0.15) is 5.03 Å². The van der Waals surface area contributed by atoms with E-state index in [4.69, 9.17) is 4.52 Å². The monoisotopic (exact) mass is 303 g/mol. The highest BCUT2D eigenvalue weighted by Gasteiger charge is 1.96. The third-order valence-corrected chi connectivity index (χ3v) is 5.30. The number of hydrogen-bond acceptors (Lipinski definition) is 4. The predicted molar refractivity (Wildman–Crippen MR) is 85.7 cm³/mol. The summed E-state index contributed by atoms with van der Waals surface area (Å²) in [6.07, 6.45) is 6.94. The average Bonchev–Trinajstić information content (AvgIpc) is 2.37. The summed E-state index contributed by atoms with van der Waals surface area (Å²) < 4.78 is 5.57.